The van der Waals surface area contributed by atoms with Crippen molar-refractivity contribution in [3.63, 3.8) is 0 Å². The Morgan fingerprint density at radius 2 is 2.04 bits per heavy atom. The van der Waals surface area contributed by atoms with Crippen LogP contribution in [0.1, 0.15) is 37.8 Å². The number of aromatic hydroxyl groups is 1. The van der Waals surface area contributed by atoms with Gasteiger partial charge in [0, 0.05) is 5.56 Å². The molecule has 0 aliphatic carbocycles. The summed E-state index contributed by atoms with van der Waals surface area (Å²) in [5.41, 5.74) is 4.18. The lowest BCUT2D eigenvalue weighted by atomic mass is 9.99. The van der Waals surface area contributed by atoms with Crippen LogP contribution in [0.2, 0.25) is 0 Å². The molecule has 0 atom stereocenters. The number of benzene rings is 1. The maximum absolute atomic E-state index is 10.4. The van der Waals surface area contributed by atoms with Crippen molar-refractivity contribution in [1.82, 2.24) is 0 Å². The number of carbonyl (C=O) groups excluding carboxylic acids is 1. The summed E-state index contributed by atoms with van der Waals surface area (Å²) in [5, 5.41) is 10.3. The van der Waals surface area contributed by atoms with Gasteiger partial charge in [0.15, 0.2) is 11.5 Å². The highest BCUT2D eigenvalue weighted by atomic mass is 16.5. The van der Waals surface area contributed by atoms with Gasteiger partial charge < -0.3 is 9.84 Å². The van der Waals surface area contributed by atoms with Crippen LogP contribution in [0.15, 0.2) is 48.1 Å². The van der Waals surface area contributed by atoms with Crippen LogP contribution in [0.25, 0.3) is 0 Å². The van der Waals surface area contributed by atoms with Crippen molar-refractivity contribution in [3.8, 4) is 11.5 Å². The summed E-state index contributed by atoms with van der Waals surface area (Å²) in [5.74, 6) is 0.696. The van der Waals surface area contributed by atoms with Crippen LogP contribution in [0.3, 0.4) is 0 Å². The Labute approximate surface area is 139 Å². The van der Waals surface area contributed by atoms with Crippen molar-refractivity contribution < 1.29 is 14.6 Å². The van der Waals surface area contributed by atoms with Crippen LogP contribution in [-0.4, -0.2) is 18.5 Å². The molecule has 0 unspecified atom stereocenters. The van der Waals surface area contributed by atoms with Crippen molar-refractivity contribution in [2.24, 2.45) is 0 Å². The van der Waals surface area contributed by atoms with Crippen molar-refractivity contribution in [3.05, 3.63) is 59.2 Å². The lowest BCUT2D eigenvalue weighted by molar-refractivity contribution is -0.104. The van der Waals surface area contributed by atoms with Crippen LogP contribution >= 0.6 is 0 Å². The van der Waals surface area contributed by atoms with E-state index in [1.165, 1.54) is 5.57 Å². The number of carbonyl (C=O) groups is 1. The van der Waals surface area contributed by atoms with E-state index in [-0.39, 0.29) is 5.75 Å². The lowest BCUT2D eigenvalue weighted by Crippen LogP contribution is -1.95. The number of phenolic OH excluding ortho intramolecular Hbond substituents is 1. The van der Waals surface area contributed by atoms with Crippen molar-refractivity contribution in [2.75, 3.05) is 7.11 Å². The van der Waals surface area contributed by atoms with E-state index < -0.39 is 0 Å². The van der Waals surface area contributed by atoms with Crippen LogP contribution < -0.4 is 4.74 Å². The first kappa shape index (κ1) is 18.8. The first-order chi connectivity index (χ1) is 11.0. The molecule has 0 fully saturated rings. The van der Waals surface area contributed by atoms with Gasteiger partial charge in [0.1, 0.15) is 6.29 Å². The zero-order valence-electron chi connectivity index (χ0n) is 14.3. The molecule has 0 aliphatic heterocycles. The monoisotopic (exact) mass is 314 g/mol. The van der Waals surface area contributed by atoms with Gasteiger partial charge in [-0.15, -0.1) is 6.58 Å². The van der Waals surface area contributed by atoms with Gasteiger partial charge in [0.05, 0.1) is 7.11 Å². The fraction of sp³-hybridized carbons (Fsp3) is 0.350. The van der Waals surface area contributed by atoms with E-state index in [0.29, 0.717) is 12.2 Å². The number of methoxy groups -OCH3 is 1. The van der Waals surface area contributed by atoms with E-state index in [1.54, 1.807) is 13.2 Å². The Morgan fingerprint density at radius 3 is 2.65 bits per heavy atom. The number of hydrogen-bond donors (Lipinski definition) is 1. The van der Waals surface area contributed by atoms with E-state index in [0.717, 1.165) is 42.2 Å². The van der Waals surface area contributed by atoms with Gasteiger partial charge in [0.25, 0.3) is 0 Å². The van der Waals surface area contributed by atoms with Crippen molar-refractivity contribution in [1.29, 1.82) is 0 Å². The topological polar surface area (TPSA) is 46.5 Å². The van der Waals surface area contributed by atoms with Crippen molar-refractivity contribution >= 4 is 6.29 Å². The molecule has 3 heteroatoms. The van der Waals surface area contributed by atoms with E-state index >= 15 is 0 Å². The Morgan fingerprint density at radius 1 is 1.30 bits per heavy atom. The number of hydrogen-bond acceptors (Lipinski definition) is 3. The molecule has 1 N–H and O–H groups in total. The van der Waals surface area contributed by atoms with Gasteiger partial charge in [-0.1, -0.05) is 29.4 Å². The molecule has 23 heavy (non-hydrogen) atoms. The molecule has 0 saturated carbocycles. The molecule has 3 nitrogen and oxygen atoms in total. The fourth-order valence-corrected chi connectivity index (χ4v) is 2.42. The number of ether oxygens (including phenoxy) is 1. The Hall–Kier alpha value is -2.29. The number of allylic oxidation sites excluding steroid dienone is 5. The summed E-state index contributed by atoms with van der Waals surface area (Å²) in [7, 11) is 1.56. The molecule has 1 rings (SSSR count). The molecule has 0 aromatic heterocycles. The molecule has 0 aliphatic rings. The van der Waals surface area contributed by atoms with Gasteiger partial charge in [-0.2, -0.15) is 0 Å². The minimum Gasteiger partial charge on any atom is -0.504 e. The first-order valence-corrected chi connectivity index (χ1v) is 7.78. The summed E-state index contributed by atoms with van der Waals surface area (Å²) in [4.78, 5) is 10.4. The molecule has 0 heterocycles. The van der Waals surface area contributed by atoms with Gasteiger partial charge in [-0.25, -0.2) is 0 Å². The van der Waals surface area contributed by atoms with Gasteiger partial charge in [-0.05, 0) is 57.2 Å². The predicted octanol–water partition coefficient (Wildman–Crippen LogP) is 4.54. The van der Waals surface area contributed by atoms with Crippen LogP contribution in [0.5, 0.6) is 11.5 Å². The highest BCUT2D eigenvalue weighted by Crippen LogP contribution is 2.33. The summed E-state index contributed by atoms with van der Waals surface area (Å²) < 4.78 is 5.25. The maximum atomic E-state index is 10.4. The SMILES string of the molecule is C=CCc1cc(CC(C)=CCCC(C)=CC=O)c(O)c(OC)c1. The third-order valence-electron chi connectivity index (χ3n) is 3.67. The molecule has 0 radical (unpaired) electrons. The Bertz CT molecular complexity index is 610. The molecule has 0 saturated heterocycles. The van der Waals surface area contributed by atoms with E-state index in [1.807, 2.05) is 32.1 Å². The second-order valence-electron chi connectivity index (χ2n) is 5.71. The zero-order chi connectivity index (χ0) is 17.2. The van der Waals surface area contributed by atoms with Crippen LogP contribution in [-0.2, 0) is 17.6 Å². The summed E-state index contributed by atoms with van der Waals surface area (Å²) in [6, 6.07) is 3.83. The Kier molecular flexibility index (Phi) is 7.89. The predicted molar refractivity (Wildman–Crippen MR) is 95.1 cm³/mol. The van der Waals surface area contributed by atoms with Crippen LogP contribution in [0.4, 0.5) is 0 Å². The zero-order valence-corrected chi connectivity index (χ0v) is 14.3. The summed E-state index contributed by atoms with van der Waals surface area (Å²) in [6.45, 7) is 7.75. The highest BCUT2D eigenvalue weighted by Gasteiger charge is 2.10. The van der Waals surface area contributed by atoms with Gasteiger partial charge in [-0.3, -0.25) is 4.79 Å². The third-order valence-corrected chi connectivity index (χ3v) is 3.67. The van der Waals surface area contributed by atoms with E-state index in [9.17, 15) is 9.90 Å². The standard InChI is InChI=1S/C20H26O3/c1-5-7-17-13-18(20(22)19(14-17)23-4)12-16(3)9-6-8-15(2)10-11-21/h5,9-11,13-14,22H,1,6-8,12H2,2-4H3. The molecular formula is C20H26O3. The lowest BCUT2D eigenvalue weighted by Gasteiger charge is -2.12. The summed E-state index contributed by atoms with van der Waals surface area (Å²) in [6.07, 6.45) is 9.55. The highest BCUT2D eigenvalue weighted by molar-refractivity contribution is 5.65. The fourth-order valence-electron chi connectivity index (χ4n) is 2.42. The second kappa shape index (κ2) is 9.67. The number of rotatable bonds is 9. The molecule has 1 aromatic rings. The number of aldehydes is 1. The quantitative estimate of drug-likeness (QED) is 0.413. The average Bonchev–Trinajstić information content (AvgIpc) is 2.50. The average molecular weight is 314 g/mol. The van der Waals surface area contributed by atoms with Crippen molar-refractivity contribution in [2.45, 2.75) is 39.5 Å². The largest absolute Gasteiger partial charge is 0.504 e. The van der Waals surface area contributed by atoms with E-state index in [2.05, 4.69) is 12.7 Å². The molecule has 0 bridgehead atoms. The smallest absolute Gasteiger partial charge is 0.161 e. The van der Waals surface area contributed by atoms with Gasteiger partial charge >= 0.3 is 0 Å². The summed E-state index contributed by atoms with van der Waals surface area (Å²) >= 11 is 0. The Balaban J connectivity index is 2.85. The molecule has 0 amide bonds. The minimum absolute atomic E-state index is 0.199. The number of phenols is 1. The molecule has 1 aromatic carbocycles. The minimum atomic E-state index is 0.199. The maximum Gasteiger partial charge on any atom is 0.161 e. The molecule has 124 valence electrons. The normalized spacial score (nSPS) is 12.1. The van der Waals surface area contributed by atoms with Crippen LogP contribution in [0, 0.1) is 0 Å². The van der Waals surface area contributed by atoms with Gasteiger partial charge in [0.2, 0.25) is 0 Å². The second-order valence-corrected chi connectivity index (χ2v) is 5.71. The third kappa shape index (κ3) is 6.15. The van der Waals surface area contributed by atoms with E-state index in [4.69, 9.17) is 4.74 Å². The first-order valence-electron chi connectivity index (χ1n) is 7.78. The molecular weight excluding hydrogens is 288 g/mol. The molecule has 0 spiro atoms.